The summed E-state index contributed by atoms with van der Waals surface area (Å²) in [5.74, 6) is 2.33. The third kappa shape index (κ3) is 4.16. The van der Waals surface area contributed by atoms with Gasteiger partial charge in [-0.1, -0.05) is 0 Å². The molecule has 1 atom stereocenters. The molecular weight excluding hydrogens is 236 g/mol. The van der Waals surface area contributed by atoms with Gasteiger partial charge in [0.25, 0.3) is 0 Å². The Labute approximate surface area is 107 Å². The Morgan fingerprint density at radius 2 is 2.35 bits per heavy atom. The zero-order valence-corrected chi connectivity index (χ0v) is 11.0. The maximum absolute atomic E-state index is 11.8. The smallest absolute Gasteiger partial charge is 0.221 e. The van der Waals surface area contributed by atoms with E-state index in [9.17, 15) is 4.79 Å². The van der Waals surface area contributed by atoms with E-state index in [2.05, 4.69) is 10.6 Å². The van der Waals surface area contributed by atoms with E-state index < -0.39 is 0 Å². The van der Waals surface area contributed by atoms with Crippen molar-refractivity contribution >= 4 is 17.7 Å². The molecule has 0 aromatic carbocycles. The summed E-state index contributed by atoms with van der Waals surface area (Å²) < 4.78 is 0. The summed E-state index contributed by atoms with van der Waals surface area (Å²) in [6, 6.07) is 0.335. The molecule has 0 aromatic heterocycles. The number of amides is 1. The molecule has 1 saturated carbocycles. The summed E-state index contributed by atoms with van der Waals surface area (Å²) in [6.45, 7) is 1.99. The third-order valence-electron chi connectivity index (χ3n) is 3.69. The predicted molar refractivity (Wildman–Crippen MR) is 70.1 cm³/mol. The van der Waals surface area contributed by atoms with Gasteiger partial charge in [-0.25, -0.2) is 0 Å². The van der Waals surface area contributed by atoms with E-state index in [4.69, 9.17) is 5.11 Å². The lowest BCUT2D eigenvalue weighted by Crippen LogP contribution is -2.42. The van der Waals surface area contributed by atoms with Crippen LogP contribution in [0.1, 0.15) is 25.7 Å². The Bertz CT molecular complexity index is 263. The van der Waals surface area contributed by atoms with Crippen molar-refractivity contribution in [2.24, 2.45) is 5.41 Å². The standard InChI is InChI=1S/C12H22N2O2S/c15-5-3-12(1-2-12)9-14-11(16)7-10-8-17-6-4-13-10/h10,13,15H,1-9H2,(H,14,16). The number of hydrogen-bond donors (Lipinski definition) is 3. The molecule has 1 aliphatic heterocycles. The molecule has 98 valence electrons. The van der Waals surface area contributed by atoms with Gasteiger partial charge >= 0.3 is 0 Å². The van der Waals surface area contributed by atoms with Gasteiger partial charge in [0.15, 0.2) is 0 Å². The fourth-order valence-corrected chi connectivity index (χ4v) is 3.21. The number of nitrogens with one attached hydrogen (secondary N) is 2. The molecule has 1 unspecified atom stereocenters. The second-order valence-electron chi connectivity index (χ2n) is 5.18. The van der Waals surface area contributed by atoms with Crippen molar-refractivity contribution in [1.29, 1.82) is 0 Å². The molecule has 0 radical (unpaired) electrons. The molecule has 17 heavy (non-hydrogen) atoms. The Hall–Kier alpha value is -0.260. The van der Waals surface area contributed by atoms with Crippen LogP contribution >= 0.6 is 11.8 Å². The summed E-state index contributed by atoms with van der Waals surface area (Å²) in [6.07, 6.45) is 3.70. The van der Waals surface area contributed by atoms with Gasteiger partial charge in [-0.05, 0) is 24.7 Å². The van der Waals surface area contributed by atoms with Gasteiger partial charge in [0.1, 0.15) is 0 Å². The summed E-state index contributed by atoms with van der Waals surface area (Å²) in [5, 5.41) is 15.3. The molecule has 1 heterocycles. The number of hydrogen-bond acceptors (Lipinski definition) is 4. The van der Waals surface area contributed by atoms with Gasteiger partial charge in [-0.2, -0.15) is 11.8 Å². The van der Waals surface area contributed by atoms with Crippen molar-refractivity contribution in [2.75, 3.05) is 31.2 Å². The van der Waals surface area contributed by atoms with Crippen molar-refractivity contribution in [2.45, 2.75) is 31.7 Å². The highest BCUT2D eigenvalue weighted by molar-refractivity contribution is 7.99. The lowest BCUT2D eigenvalue weighted by molar-refractivity contribution is -0.121. The van der Waals surface area contributed by atoms with Crippen LogP contribution in [0.4, 0.5) is 0 Å². The number of carbonyl (C=O) groups is 1. The van der Waals surface area contributed by atoms with Crippen molar-refractivity contribution in [1.82, 2.24) is 10.6 Å². The molecule has 0 bridgehead atoms. The molecule has 2 fully saturated rings. The van der Waals surface area contributed by atoms with Crippen molar-refractivity contribution in [3.8, 4) is 0 Å². The highest BCUT2D eigenvalue weighted by atomic mass is 32.2. The molecule has 3 N–H and O–H groups in total. The average Bonchev–Trinajstić information content (AvgIpc) is 3.09. The second-order valence-corrected chi connectivity index (χ2v) is 6.33. The monoisotopic (exact) mass is 258 g/mol. The van der Waals surface area contributed by atoms with Gasteiger partial charge < -0.3 is 15.7 Å². The minimum Gasteiger partial charge on any atom is -0.396 e. The molecule has 1 amide bonds. The summed E-state index contributed by atoms with van der Waals surface area (Å²) in [7, 11) is 0. The molecule has 0 spiro atoms. The van der Waals surface area contributed by atoms with Crippen molar-refractivity contribution in [3.63, 3.8) is 0 Å². The number of aliphatic hydroxyl groups is 1. The predicted octanol–water partition coefficient (Wildman–Crippen LogP) is 0.360. The van der Waals surface area contributed by atoms with Crippen LogP contribution in [0.25, 0.3) is 0 Å². The van der Waals surface area contributed by atoms with Crippen molar-refractivity contribution in [3.05, 3.63) is 0 Å². The van der Waals surface area contributed by atoms with Gasteiger partial charge in [0.05, 0.1) is 0 Å². The van der Waals surface area contributed by atoms with Crippen LogP contribution in [0.3, 0.4) is 0 Å². The van der Waals surface area contributed by atoms with Crippen LogP contribution in [-0.4, -0.2) is 48.3 Å². The van der Waals surface area contributed by atoms with Crippen LogP contribution in [0, 0.1) is 5.41 Å². The van der Waals surface area contributed by atoms with Gasteiger partial charge in [-0.3, -0.25) is 4.79 Å². The number of thioether (sulfide) groups is 1. The molecule has 0 aromatic rings. The van der Waals surface area contributed by atoms with E-state index >= 15 is 0 Å². The zero-order valence-electron chi connectivity index (χ0n) is 10.2. The maximum Gasteiger partial charge on any atom is 0.221 e. The summed E-state index contributed by atoms with van der Waals surface area (Å²) in [5.41, 5.74) is 0.221. The molecule has 1 aliphatic carbocycles. The van der Waals surface area contributed by atoms with E-state index in [1.54, 1.807) is 0 Å². The fraction of sp³-hybridized carbons (Fsp3) is 0.917. The molecule has 1 saturated heterocycles. The highest BCUT2D eigenvalue weighted by Gasteiger charge is 2.41. The Balaban J connectivity index is 1.63. The first kappa shape index (κ1) is 13.2. The fourth-order valence-electron chi connectivity index (χ4n) is 2.26. The molecular formula is C12H22N2O2S. The first-order chi connectivity index (χ1) is 8.24. The number of aliphatic hydroxyl groups excluding tert-OH is 1. The first-order valence-corrected chi connectivity index (χ1v) is 7.58. The molecule has 2 rings (SSSR count). The average molecular weight is 258 g/mol. The zero-order chi connectivity index (χ0) is 12.1. The highest BCUT2D eigenvalue weighted by Crippen LogP contribution is 2.47. The SMILES string of the molecule is O=C(CC1CSCCN1)NCC1(CCO)CC1. The van der Waals surface area contributed by atoms with Crippen LogP contribution in [0.5, 0.6) is 0 Å². The quantitative estimate of drug-likeness (QED) is 0.644. The third-order valence-corrected chi connectivity index (χ3v) is 4.82. The van der Waals surface area contributed by atoms with E-state index in [1.165, 1.54) is 0 Å². The lowest BCUT2D eigenvalue weighted by atomic mass is 10.0. The normalized spacial score (nSPS) is 26.5. The largest absolute Gasteiger partial charge is 0.396 e. The minimum absolute atomic E-state index is 0.147. The van der Waals surface area contributed by atoms with Gasteiger partial charge in [0.2, 0.25) is 5.91 Å². The molecule has 4 nitrogen and oxygen atoms in total. The Kier molecular flexibility index (Phi) is 4.70. The van der Waals surface area contributed by atoms with Crippen LogP contribution < -0.4 is 10.6 Å². The van der Waals surface area contributed by atoms with Gasteiger partial charge in [0, 0.05) is 43.7 Å². The van der Waals surface area contributed by atoms with Crippen LogP contribution in [-0.2, 0) is 4.79 Å². The lowest BCUT2D eigenvalue weighted by Gasteiger charge is -2.23. The van der Waals surface area contributed by atoms with E-state index in [-0.39, 0.29) is 17.9 Å². The van der Waals surface area contributed by atoms with E-state index in [0.717, 1.165) is 43.9 Å². The van der Waals surface area contributed by atoms with E-state index in [1.807, 2.05) is 11.8 Å². The van der Waals surface area contributed by atoms with Crippen molar-refractivity contribution < 1.29 is 9.90 Å². The summed E-state index contributed by atoms with van der Waals surface area (Å²) in [4.78, 5) is 11.8. The Morgan fingerprint density at radius 3 is 2.94 bits per heavy atom. The second kappa shape index (κ2) is 6.07. The first-order valence-electron chi connectivity index (χ1n) is 6.43. The van der Waals surface area contributed by atoms with E-state index in [0.29, 0.717) is 12.5 Å². The minimum atomic E-state index is 0.147. The number of rotatable bonds is 6. The van der Waals surface area contributed by atoms with Gasteiger partial charge in [-0.15, -0.1) is 0 Å². The maximum atomic E-state index is 11.8. The molecule has 2 aliphatic rings. The summed E-state index contributed by atoms with van der Waals surface area (Å²) >= 11 is 1.91. The van der Waals surface area contributed by atoms with Crippen LogP contribution in [0.2, 0.25) is 0 Å². The molecule has 5 heteroatoms. The Morgan fingerprint density at radius 1 is 1.53 bits per heavy atom. The topological polar surface area (TPSA) is 61.4 Å². The van der Waals surface area contributed by atoms with Crippen LogP contribution in [0.15, 0.2) is 0 Å². The number of carbonyl (C=O) groups excluding carboxylic acids is 1.